The van der Waals surface area contributed by atoms with Crippen molar-refractivity contribution in [1.82, 2.24) is 9.88 Å². The van der Waals surface area contributed by atoms with Gasteiger partial charge in [0.1, 0.15) is 13.2 Å². The summed E-state index contributed by atoms with van der Waals surface area (Å²) in [6.45, 7) is 6.86. The number of pyridine rings is 1. The summed E-state index contributed by atoms with van der Waals surface area (Å²) >= 11 is 0. The van der Waals surface area contributed by atoms with Gasteiger partial charge in [-0.2, -0.15) is 0 Å². The highest BCUT2D eigenvalue weighted by Gasteiger charge is 2.42. The first-order valence-electron chi connectivity index (χ1n) is 11.7. The van der Waals surface area contributed by atoms with E-state index in [1.165, 1.54) is 0 Å². The van der Waals surface area contributed by atoms with E-state index < -0.39 is 6.29 Å². The van der Waals surface area contributed by atoms with Crippen LogP contribution >= 0.6 is 0 Å². The number of fused-ring (bicyclic) bond motifs is 2. The average Bonchev–Trinajstić information content (AvgIpc) is 3.11. The number of carbonyl (C=O) groups excluding carboxylic acids is 1. The Bertz CT molecular complexity index is 877. The SMILES string of the molecule is CCOC(COc1cc(N2C3CCC2CN(C(=O)OCc2ccccc2)C3)ccn1)OCC. The van der Waals surface area contributed by atoms with Gasteiger partial charge in [-0.25, -0.2) is 9.78 Å². The van der Waals surface area contributed by atoms with E-state index in [1.54, 1.807) is 6.20 Å². The second-order valence-electron chi connectivity index (χ2n) is 8.24. The number of rotatable bonds is 10. The van der Waals surface area contributed by atoms with Crippen LogP contribution in [0.5, 0.6) is 5.88 Å². The van der Waals surface area contributed by atoms with Crippen LogP contribution < -0.4 is 9.64 Å². The second-order valence-corrected chi connectivity index (χ2v) is 8.24. The third-order valence-corrected chi connectivity index (χ3v) is 6.03. The summed E-state index contributed by atoms with van der Waals surface area (Å²) in [7, 11) is 0. The van der Waals surface area contributed by atoms with Crippen molar-refractivity contribution >= 4 is 11.8 Å². The summed E-state index contributed by atoms with van der Waals surface area (Å²) in [5.41, 5.74) is 2.06. The van der Waals surface area contributed by atoms with Gasteiger partial charge in [0.2, 0.25) is 5.88 Å². The summed E-state index contributed by atoms with van der Waals surface area (Å²) in [6, 6.07) is 14.2. The van der Waals surface area contributed by atoms with E-state index in [2.05, 4.69) is 9.88 Å². The molecule has 0 spiro atoms. The third kappa shape index (κ3) is 5.94. The van der Waals surface area contributed by atoms with E-state index >= 15 is 0 Å². The number of carbonyl (C=O) groups is 1. The minimum Gasteiger partial charge on any atom is -0.472 e. The number of aromatic nitrogens is 1. The number of nitrogens with zero attached hydrogens (tertiary/aromatic N) is 3. The van der Waals surface area contributed by atoms with Gasteiger partial charge >= 0.3 is 6.09 Å². The van der Waals surface area contributed by atoms with Crippen molar-refractivity contribution in [1.29, 1.82) is 0 Å². The van der Waals surface area contributed by atoms with Gasteiger partial charge in [-0.05, 0) is 38.3 Å². The number of amides is 1. The number of hydrogen-bond donors (Lipinski definition) is 0. The Hall–Kier alpha value is -2.84. The molecule has 8 nitrogen and oxygen atoms in total. The van der Waals surface area contributed by atoms with Crippen molar-refractivity contribution in [2.75, 3.05) is 37.8 Å². The van der Waals surface area contributed by atoms with Crippen LogP contribution in [0.4, 0.5) is 10.5 Å². The smallest absolute Gasteiger partial charge is 0.410 e. The van der Waals surface area contributed by atoms with Gasteiger partial charge < -0.3 is 28.7 Å². The van der Waals surface area contributed by atoms with Gasteiger partial charge in [-0.15, -0.1) is 0 Å². The van der Waals surface area contributed by atoms with E-state index in [-0.39, 0.29) is 24.8 Å². The van der Waals surface area contributed by atoms with Gasteiger partial charge in [-0.3, -0.25) is 0 Å². The topological polar surface area (TPSA) is 73.4 Å². The Morgan fingerprint density at radius 3 is 2.42 bits per heavy atom. The highest BCUT2D eigenvalue weighted by atomic mass is 16.7. The van der Waals surface area contributed by atoms with Crippen LogP contribution in [0, 0.1) is 0 Å². The summed E-state index contributed by atoms with van der Waals surface area (Å²) in [4.78, 5) is 21.3. The summed E-state index contributed by atoms with van der Waals surface area (Å²) in [5, 5.41) is 0. The predicted octanol–water partition coefficient (Wildman–Crippen LogP) is 3.85. The third-order valence-electron chi connectivity index (χ3n) is 6.03. The lowest BCUT2D eigenvalue weighted by atomic mass is 10.1. The van der Waals surface area contributed by atoms with Crippen LogP contribution in [-0.4, -0.2) is 67.3 Å². The lowest BCUT2D eigenvalue weighted by molar-refractivity contribution is -0.152. The Labute approximate surface area is 195 Å². The molecule has 0 saturated carbocycles. The summed E-state index contributed by atoms with van der Waals surface area (Å²) in [5.74, 6) is 0.543. The number of piperazine rings is 1. The zero-order valence-electron chi connectivity index (χ0n) is 19.4. The van der Waals surface area contributed by atoms with Crippen molar-refractivity contribution in [2.45, 2.75) is 51.7 Å². The molecule has 0 aliphatic carbocycles. The molecule has 2 atom stereocenters. The number of ether oxygens (including phenoxy) is 4. The Kier molecular flexibility index (Phi) is 8.01. The zero-order chi connectivity index (χ0) is 23.0. The highest BCUT2D eigenvalue weighted by molar-refractivity contribution is 5.69. The number of anilines is 1. The van der Waals surface area contributed by atoms with Gasteiger partial charge in [0.25, 0.3) is 0 Å². The summed E-state index contributed by atoms with van der Waals surface area (Å²) < 4.78 is 22.5. The monoisotopic (exact) mass is 455 g/mol. The molecule has 2 bridgehead atoms. The molecule has 8 heteroatoms. The fourth-order valence-corrected chi connectivity index (χ4v) is 4.59. The molecule has 2 unspecified atom stereocenters. The lowest BCUT2D eigenvalue weighted by Gasteiger charge is -2.42. The quantitative estimate of drug-likeness (QED) is 0.504. The van der Waals surface area contributed by atoms with Crippen LogP contribution in [0.25, 0.3) is 0 Å². The number of benzene rings is 1. The van der Waals surface area contributed by atoms with Gasteiger partial charge in [0, 0.05) is 56.3 Å². The van der Waals surface area contributed by atoms with Crippen LogP contribution in [0.1, 0.15) is 32.3 Å². The normalized spacial score (nSPS) is 19.7. The maximum Gasteiger partial charge on any atom is 0.410 e. The fourth-order valence-electron chi connectivity index (χ4n) is 4.59. The molecule has 2 fully saturated rings. The lowest BCUT2D eigenvalue weighted by Crippen LogP contribution is -2.55. The number of likely N-dealkylation sites (tertiary alicyclic amines) is 1. The molecule has 1 aromatic carbocycles. The van der Waals surface area contributed by atoms with Crippen molar-refractivity contribution in [3.63, 3.8) is 0 Å². The largest absolute Gasteiger partial charge is 0.472 e. The Morgan fingerprint density at radius 2 is 1.76 bits per heavy atom. The molecule has 2 aromatic rings. The highest BCUT2D eigenvalue weighted by Crippen LogP contribution is 2.36. The van der Waals surface area contributed by atoms with Gasteiger partial charge in [0.05, 0.1) is 0 Å². The molecular weight excluding hydrogens is 422 g/mol. The molecule has 0 N–H and O–H groups in total. The van der Waals surface area contributed by atoms with E-state index in [1.807, 2.05) is 61.2 Å². The average molecular weight is 456 g/mol. The van der Waals surface area contributed by atoms with E-state index in [0.717, 1.165) is 24.1 Å². The Morgan fingerprint density at radius 1 is 1.06 bits per heavy atom. The van der Waals surface area contributed by atoms with Gasteiger partial charge in [0.15, 0.2) is 6.29 Å². The Balaban J connectivity index is 1.34. The molecule has 178 valence electrons. The van der Waals surface area contributed by atoms with Crippen molar-refractivity contribution in [2.24, 2.45) is 0 Å². The molecule has 1 aromatic heterocycles. The number of hydrogen-bond acceptors (Lipinski definition) is 7. The van der Waals surface area contributed by atoms with Crippen LogP contribution in [0.2, 0.25) is 0 Å². The van der Waals surface area contributed by atoms with Crippen molar-refractivity contribution in [3.8, 4) is 5.88 Å². The molecule has 33 heavy (non-hydrogen) atoms. The maximum absolute atomic E-state index is 12.7. The van der Waals surface area contributed by atoms with Gasteiger partial charge in [-0.1, -0.05) is 30.3 Å². The van der Waals surface area contributed by atoms with E-state index in [0.29, 0.717) is 38.8 Å². The van der Waals surface area contributed by atoms with Crippen molar-refractivity contribution < 1.29 is 23.7 Å². The van der Waals surface area contributed by atoms with E-state index in [9.17, 15) is 4.79 Å². The molecular formula is C25H33N3O5. The zero-order valence-corrected chi connectivity index (χ0v) is 19.4. The van der Waals surface area contributed by atoms with Crippen LogP contribution in [0.15, 0.2) is 48.7 Å². The predicted molar refractivity (Wildman–Crippen MR) is 124 cm³/mol. The maximum atomic E-state index is 12.7. The molecule has 1 amide bonds. The minimum atomic E-state index is -0.410. The fraction of sp³-hybridized carbons (Fsp3) is 0.520. The molecule has 3 heterocycles. The molecule has 2 aliphatic heterocycles. The molecule has 2 aliphatic rings. The summed E-state index contributed by atoms with van der Waals surface area (Å²) in [6.07, 6.45) is 3.20. The molecule has 0 radical (unpaired) electrons. The van der Waals surface area contributed by atoms with Crippen LogP contribution in [-0.2, 0) is 20.8 Å². The first kappa shape index (κ1) is 23.3. The van der Waals surface area contributed by atoms with E-state index in [4.69, 9.17) is 18.9 Å². The second kappa shape index (κ2) is 11.3. The van der Waals surface area contributed by atoms with Crippen molar-refractivity contribution in [3.05, 3.63) is 54.2 Å². The van der Waals surface area contributed by atoms with Crippen LogP contribution in [0.3, 0.4) is 0 Å². The minimum absolute atomic E-state index is 0.243. The first-order chi connectivity index (χ1) is 16.2. The first-order valence-corrected chi connectivity index (χ1v) is 11.7. The molecule has 2 saturated heterocycles. The molecule has 4 rings (SSSR count). The standard InChI is InChI=1S/C25H33N3O5/c1-3-30-24(31-4-2)18-32-23-14-20(12-13-26-23)28-21-10-11-22(28)16-27(15-21)25(29)33-17-19-8-6-5-7-9-19/h5-9,12-14,21-22,24H,3-4,10-11,15-18H2,1-2H3.